The molecule has 1 heterocycles. The summed E-state index contributed by atoms with van der Waals surface area (Å²) in [6.07, 6.45) is 6.11. The van der Waals surface area contributed by atoms with Crippen molar-refractivity contribution in [1.82, 2.24) is 15.3 Å². The van der Waals surface area contributed by atoms with Crippen molar-refractivity contribution in [2.45, 2.75) is 45.4 Å². The van der Waals surface area contributed by atoms with Crippen molar-refractivity contribution in [3.05, 3.63) is 23.3 Å². The lowest BCUT2D eigenvalue weighted by molar-refractivity contribution is 0.0951. The van der Waals surface area contributed by atoms with Crippen LogP contribution in [0.5, 0.6) is 0 Å². The predicted octanol–water partition coefficient (Wildman–Crippen LogP) is 2.19. The molecule has 0 unspecified atom stereocenters. The molecule has 0 aliphatic heterocycles. The van der Waals surface area contributed by atoms with E-state index in [0.29, 0.717) is 11.5 Å². The zero-order chi connectivity index (χ0) is 12.3. The monoisotopic (exact) mass is 233 g/mol. The molecule has 1 aromatic rings. The van der Waals surface area contributed by atoms with Crippen molar-refractivity contribution in [1.29, 1.82) is 0 Å². The molecule has 4 heteroatoms. The van der Waals surface area contributed by atoms with Crippen LogP contribution in [0.2, 0.25) is 0 Å². The third-order valence-corrected chi connectivity index (χ3v) is 3.00. The molecule has 0 aromatic carbocycles. The summed E-state index contributed by atoms with van der Waals surface area (Å²) in [5.74, 6) is 1.37. The van der Waals surface area contributed by atoms with Gasteiger partial charge in [0.1, 0.15) is 5.82 Å². The Kier molecular flexibility index (Phi) is 3.71. The van der Waals surface area contributed by atoms with Gasteiger partial charge in [-0.25, -0.2) is 9.97 Å². The highest BCUT2D eigenvalue weighted by Crippen LogP contribution is 2.37. The van der Waals surface area contributed by atoms with E-state index in [1.165, 1.54) is 12.8 Å². The van der Waals surface area contributed by atoms with Gasteiger partial charge in [-0.15, -0.1) is 0 Å². The molecule has 0 bridgehead atoms. The molecule has 0 atom stereocenters. The second-order valence-corrected chi connectivity index (χ2v) is 4.61. The van der Waals surface area contributed by atoms with Crippen LogP contribution >= 0.6 is 0 Å². The first-order valence-corrected chi connectivity index (χ1v) is 6.34. The molecule has 0 saturated heterocycles. The molecule has 1 aliphatic carbocycles. The van der Waals surface area contributed by atoms with Gasteiger partial charge in [-0.05, 0) is 26.2 Å². The maximum absolute atomic E-state index is 11.8. The Balaban J connectivity index is 2.02. The van der Waals surface area contributed by atoms with Gasteiger partial charge < -0.3 is 5.32 Å². The number of aromatic nitrogens is 2. The second-order valence-electron chi connectivity index (χ2n) is 4.61. The molecule has 2 rings (SSSR count). The SMILES string of the molecule is CCCCNC(=O)c1cnc(C2CC2)nc1C. The molecule has 0 spiro atoms. The van der Waals surface area contributed by atoms with Gasteiger partial charge in [-0.1, -0.05) is 13.3 Å². The van der Waals surface area contributed by atoms with Gasteiger partial charge in [0.25, 0.3) is 5.91 Å². The maximum Gasteiger partial charge on any atom is 0.254 e. The highest BCUT2D eigenvalue weighted by molar-refractivity contribution is 5.94. The lowest BCUT2D eigenvalue weighted by Crippen LogP contribution is -2.25. The number of unbranched alkanes of at least 4 members (excludes halogenated alkanes) is 1. The third-order valence-electron chi connectivity index (χ3n) is 3.00. The molecule has 1 aromatic heterocycles. The largest absolute Gasteiger partial charge is 0.352 e. The minimum absolute atomic E-state index is 0.0571. The molecule has 1 fully saturated rings. The number of aryl methyl sites for hydroxylation is 1. The fourth-order valence-electron chi connectivity index (χ4n) is 1.72. The number of nitrogens with one attached hydrogen (secondary N) is 1. The predicted molar refractivity (Wildman–Crippen MR) is 66.0 cm³/mol. The fourth-order valence-corrected chi connectivity index (χ4v) is 1.72. The van der Waals surface area contributed by atoms with Crippen molar-refractivity contribution in [3.8, 4) is 0 Å². The van der Waals surface area contributed by atoms with Crippen molar-refractivity contribution in [2.24, 2.45) is 0 Å². The van der Waals surface area contributed by atoms with Crippen LogP contribution in [-0.2, 0) is 0 Å². The van der Waals surface area contributed by atoms with Crippen molar-refractivity contribution >= 4 is 5.91 Å². The van der Waals surface area contributed by atoms with E-state index in [1.807, 2.05) is 6.92 Å². The number of carbonyl (C=O) groups excluding carboxylic acids is 1. The standard InChI is InChI=1S/C13H19N3O/c1-3-4-7-14-13(17)11-8-15-12(10-5-6-10)16-9(11)2/h8,10H,3-7H2,1-2H3,(H,14,17). The van der Waals surface area contributed by atoms with E-state index in [4.69, 9.17) is 0 Å². The summed E-state index contributed by atoms with van der Waals surface area (Å²) in [6, 6.07) is 0. The molecule has 17 heavy (non-hydrogen) atoms. The number of hydrogen-bond acceptors (Lipinski definition) is 3. The summed E-state index contributed by atoms with van der Waals surface area (Å²) in [6.45, 7) is 4.70. The van der Waals surface area contributed by atoms with Crippen molar-refractivity contribution < 1.29 is 4.79 Å². The quantitative estimate of drug-likeness (QED) is 0.793. The van der Waals surface area contributed by atoms with Crippen LogP contribution in [0.4, 0.5) is 0 Å². The van der Waals surface area contributed by atoms with Crippen LogP contribution in [0.25, 0.3) is 0 Å². The van der Waals surface area contributed by atoms with Gasteiger partial charge in [0.15, 0.2) is 0 Å². The van der Waals surface area contributed by atoms with E-state index in [0.717, 1.165) is 30.9 Å². The van der Waals surface area contributed by atoms with E-state index in [1.54, 1.807) is 6.20 Å². The minimum atomic E-state index is -0.0571. The molecule has 1 N–H and O–H groups in total. The minimum Gasteiger partial charge on any atom is -0.352 e. The molecular formula is C13H19N3O. The van der Waals surface area contributed by atoms with Gasteiger partial charge in [0.2, 0.25) is 0 Å². The van der Waals surface area contributed by atoms with E-state index in [2.05, 4.69) is 22.2 Å². The van der Waals surface area contributed by atoms with Crippen LogP contribution in [0.1, 0.15) is 60.4 Å². The summed E-state index contributed by atoms with van der Waals surface area (Å²) in [4.78, 5) is 20.5. The Hall–Kier alpha value is -1.45. The van der Waals surface area contributed by atoms with Crippen molar-refractivity contribution in [2.75, 3.05) is 6.54 Å². The number of hydrogen-bond donors (Lipinski definition) is 1. The first-order valence-electron chi connectivity index (χ1n) is 6.34. The first-order chi connectivity index (χ1) is 8.22. The summed E-state index contributed by atoms with van der Waals surface area (Å²) in [7, 11) is 0. The van der Waals surface area contributed by atoms with E-state index in [-0.39, 0.29) is 5.91 Å². The van der Waals surface area contributed by atoms with E-state index < -0.39 is 0 Å². The zero-order valence-electron chi connectivity index (χ0n) is 10.5. The third kappa shape index (κ3) is 3.02. The number of amides is 1. The van der Waals surface area contributed by atoms with Crippen molar-refractivity contribution in [3.63, 3.8) is 0 Å². The second kappa shape index (κ2) is 5.25. The Labute approximate surface area is 102 Å². The molecule has 92 valence electrons. The van der Waals surface area contributed by atoms with Gasteiger partial charge in [-0.2, -0.15) is 0 Å². The summed E-state index contributed by atoms with van der Waals surface area (Å²) in [5, 5.41) is 2.89. The van der Waals surface area contributed by atoms with Gasteiger partial charge in [0.05, 0.1) is 11.3 Å². The van der Waals surface area contributed by atoms with Crippen LogP contribution in [0.3, 0.4) is 0 Å². The zero-order valence-corrected chi connectivity index (χ0v) is 10.5. The summed E-state index contributed by atoms with van der Waals surface area (Å²) in [5.41, 5.74) is 1.39. The lowest BCUT2D eigenvalue weighted by atomic mass is 10.2. The number of rotatable bonds is 5. The Bertz CT molecular complexity index is 413. The Morgan fingerprint density at radius 2 is 2.29 bits per heavy atom. The molecule has 4 nitrogen and oxygen atoms in total. The Morgan fingerprint density at radius 3 is 2.88 bits per heavy atom. The Morgan fingerprint density at radius 1 is 1.53 bits per heavy atom. The molecule has 0 radical (unpaired) electrons. The topological polar surface area (TPSA) is 54.9 Å². The normalized spacial score (nSPS) is 14.7. The average Bonchev–Trinajstić information content (AvgIpc) is 3.13. The summed E-state index contributed by atoms with van der Waals surface area (Å²) >= 11 is 0. The van der Waals surface area contributed by atoms with Crippen LogP contribution in [0.15, 0.2) is 6.20 Å². The first kappa shape index (κ1) is 12.0. The van der Waals surface area contributed by atoms with Gasteiger partial charge in [-0.3, -0.25) is 4.79 Å². The smallest absolute Gasteiger partial charge is 0.254 e. The fraction of sp³-hybridized carbons (Fsp3) is 0.615. The van der Waals surface area contributed by atoms with Crippen LogP contribution in [0, 0.1) is 6.92 Å². The summed E-state index contributed by atoms with van der Waals surface area (Å²) < 4.78 is 0. The molecule has 1 amide bonds. The van der Waals surface area contributed by atoms with Gasteiger partial charge in [0, 0.05) is 18.7 Å². The molecular weight excluding hydrogens is 214 g/mol. The molecule has 1 aliphatic rings. The average molecular weight is 233 g/mol. The van der Waals surface area contributed by atoms with E-state index in [9.17, 15) is 4.79 Å². The maximum atomic E-state index is 11.8. The van der Waals surface area contributed by atoms with Crippen LogP contribution < -0.4 is 5.32 Å². The van der Waals surface area contributed by atoms with Gasteiger partial charge >= 0.3 is 0 Å². The van der Waals surface area contributed by atoms with E-state index >= 15 is 0 Å². The lowest BCUT2D eigenvalue weighted by Gasteiger charge is -2.07. The van der Waals surface area contributed by atoms with Crippen LogP contribution in [-0.4, -0.2) is 22.4 Å². The highest BCUT2D eigenvalue weighted by Gasteiger charge is 2.27. The highest BCUT2D eigenvalue weighted by atomic mass is 16.1. The number of carbonyl (C=O) groups is 1. The molecule has 1 saturated carbocycles. The number of nitrogens with zero attached hydrogens (tertiary/aromatic N) is 2.